The molecule has 1 aliphatic carbocycles. The maximum atomic E-state index is 13.9. The van der Waals surface area contributed by atoms with Crippen LogP contribution in [0.4, 0.5) is 13.2 Å². The highest BCUT2D eigenvalue weighted by Gasteiger charge is 2.21. The number of hydrogen-bond acceptors (Lipinski definition) is 1. The molecule has 1 N–H and O–H groups in total. The van der Waals surface area contributed by atoms with Crippen LogP contribution in [-0.2, 0) is 0 Å². The van der Waals surface area contributed by atoms with Gasteiger partial charge in [-0.25, -0.2) is 13.2 Å². The van der Waals surface area contributed by atoms with E-state index in [-0.39, 0.29) is 11.6 Å². The molecule has 0 aromatic heterocycles. The SMILES string of the molecule is CCNC(CCC1CCCCC1)c1cc(F)c(F)cc1F. The highest BCUT2D eigenvalue weighted by Crippen LogP contribution is 2.31. The van der Waals surface area contributed by atoms with Gasteiger partial charge in [0.05, 0.1) is 0 Å². The maximum Gasteiger partial charge on any atom is 0.161 e. The Morgan fingerprint density at radius 2 is 1.71 bits per heavy atom. The van der Waals surface area contributed by atoms with Crippen LogP contribution in [0.1, 0.15) is 63.5 Å². The van der Waals surface area contributed by atoms with E-state index >= 15 is 0 Å². The number of hydrogen-bond donors (Lipinski definition) is 1. The van der Waals surface area contributed by atoms with Crippen LogP contribution in [0.5, 0.6) is 0 Å². The van der Waals surface area contributed by atoms with Crippen LogP contribution in [0.2, 0.25) is 0 Å². The van der Waals surface area contributed by atoms with Crippen LogP contribution >= 0.6 is 0 Å². The molecule has 1 atom stereocenters. The number of nitrogens with one attached hydrogen (secondary N) is 1. The molecule has 21 heavy (non-hydrogen) atoms. The van der Waals surface area contributed by atoms with Crippen molar-refractivity contribution in [2.45, 2.75) is 57.9 Å². The second kappa shape index (κ2) is 7.83. The predicted molar refractivity (Wildman–Crippen MR) is 78.5 cm³/mol. The molecule has 2 rings (SSSR count). The highest BCUT2D eigenvalue weighted by atomic mass is 19.2. The monoisotopic (exact) mass is 299 g/mol. The van der Waals surface area contributed by atoms with Crippen molar-refractivity contribution >= 4 is 0 Å². The van der Waals surface area contributed by atoms with Crippen molar-refractivity contribution in [3.8, 4) is 0 Å². The van der Waals surface area contributed by atoms with E-state index in [1.54, 1.807) is 0 Å². The molecule has 0 amide bonds. The summed E-state index contributed by atoms with van der Waals surface area (Å²) in [4.78, 5) is 0. The maximum absolute atomic E-state index is 13.9. The Morgan fingerprint density at radius 1 is 1.05 bits per heavy atom. The van der Waals surface area contributed by atoms with Gasteiger partial charge in [0.25, 0.3) is 0 Å². The molecule has 0 aliphatic heterocycles. The molecule has 1 aliphatic rings. The predicted octanol–water partition coefficient (Wildman–Crippen LogP) is 5.12. The molecule has 1 unspecified atom stereocenters. The van der Waals surface area contributed by atoms with Gasteiger partial charge in [-0.3, -0.25) is 0 Å². The number of benzene rings is 1. The van der Waals surface area contributed by atoms with E-state index in [1.165, 1.54) is 32.1 Å². The molecular weight excluding hydrogens is 275 g/mol. The Balaban J connectivity index is 2.05. The van der Waals surface area contributed by atoms with Crippen LogP contribution in [0.15, 0.2) is 12.1 Å². The molecule has 1 aromatic carbocycles. The topological polar surface area (TPSA) is 12.0 Å². The van der Waals surface area contributed by atoms with E-state index in [9.17, 15) is 13.2 Å². The fourth-order valence-corrected chi connectivity index (χ4v) is 3.30. The van der Waals surface area contributed by atoms with Crippen molar-refractivity contribution in [2.75, 3.05) is 6.54 Å². The van der Waals surface area contributed by atoms with Gasteiger partial charge in [-0.1, -0.05) is 39.0 Å². The summed E-state index contributed by atoms with van der Waals surface area (Å²) in [7, 11) is 0. The van der Waals surface area contributed by atoms with Crippen LogP contribution in [0, 0.1) is 23.4 Å². The van der Waals surface area contributed by atoms with Crippen LogP contribution in [0.3, 0.4) is 0 Å². The van der Waals surface area contributed by atoms with Gasteiger partial charge in [0.15, 0.2) is 11.6 Å². The van der Waals surface area contributed by atoms with E-state index in [0.29, 0.717) is 18.5 Å². The molecule has 4 heteroatoms. The van der Waals surface area contributed by atoms with Gasteiger partial charge < -0.3 is 5.32 Å². The molecule has 0 heterocycles. The van der Waals surface area contributed by atoms with Gasteiger partial charge in [0, 0.05) is 17.7 Å². The van der Waals surface area contributed by atoms with Gasteiger partial charge in [-0.2, -0.15) is 0 Å². The lowest BCUT2D eigenvalue weighted by atomic mass is 9.84. The van der Waals surface area contributed by atoms with Crippen molar-refractivity contribution in [3.63, 3.8) is 0 Å². The van der Waals surface area contributed by atoms with Gasteiger partial charge >= 0.3 is 0 Å². The Hall–Kier alpha value is -1.03. The normalized spacial score (nSPS) is 17.9. The van der Waals surface area contributed by atoms with Crippen molar-refractivity contribution in [1.29, 1.82) is 0 Å². The summed E-state index contributed by atoms with van der Waals surface area (Å²) in [6.45, 7) is 2.61. The first-order valence-electron chi connectivity index (χ1n) is 7.99. The third-order valence-electron chi connectivity index (χ3n) is 4.45. The molecule has 1 nitrogen and oxygen atoms in total. The fourth-order valence-electron chi connectivity index (χ4n) is 3.30. The minimum absolute atomic E-state index is 0.242. The van der Waals surface area contributed by atoms with Gasteiger partial charge in [-0.05, 0) is 31.4 Å². The summed E-state index contributed by atoms with van der Waals surface area (Å²) in [6.07, 6.45) is 8.10. The first-order chi connectivity index (χ1) is 10.1. The van der Waals surface area contributed by atoms with Crippen molar-refractivity contribution in [1.82, 2.24) is 5.32 Å². The van der Waals surface area contributed by atoms with Crippen LogP contribution < -0.4 is 5.32 Å². The third kappa shape index (κ3) is 4.47. The summed E-state index contributed by atoms with van der Waals surface area (Å²) in [5.74, 6) is -2.08. The zero-order valence-electron chi connectivity index (χ0n) is 12.6. The summed E-state index contributed by atoms with van der Waals surface area (Å²) in [5, 5.41) is 3.20. The van der Waals surface area contributed by atoms with Crippen LogP contribution in [0.25, 0.3) is 0 Å². The summed E-state index contributed by atoms with van der Waals surface area (Å²) in [5.41, 5.74) is 0.242. The molecule has 1 aromatic rings. The number of rotatable bonds is 6. The fraction of sp³-hybridized carbons (Fsp3) is 0.647. The average molecular weight is 299 g/mol. The Bertz CT molecular complexity index is 456. The molecule has 118 valence electrons. The van der Waals surface area contributed by atoms with Crippen molar-refractivity contribution < 1.29 is 13.2 Å². The molecular formula is C17H24F3N. The summed E-state index contributed by atoms with van der Waals surface area (Å²) in [6, 6.07) is 1.40. The zero-order valence-corrected chi connectivity index (χ0v) is 12.6. The molecule has 0 saturated heterocycles. The average Bonchev–Trinajstić information content (AvgIpc) is 2.48. The van der Waals surface area contributed by atoms with Gasteiger partial charge in [-0.15, -0.1) is 0 Å². The zero-order chi connectivity index (χ0) is 15.2. The summed E-state index contributed by atoms with van der Waals surface area (Å²) >= 11 is 0. The number of halogens is 3. The van der Waals surface area contributed by atoms with Gasteiger partial charge in [0.2, 0.25) is 0 Å². The summed E-state index contributed by atoms with van der Waals surface area (Å²) < 4.78 is 40.4. The Labute approximate surface area is 124 Å². The van der Waals surface area contributed by atoms with Gasteiger partial charge in [0.1, 0.15) is 5.82 Å². The molecule has 1 saturated carbocycles. The van der Waals surface area contributed by atoms with E-state index in [0.717, 1.165) is 18.9 Å². The first kappa shape index (κ1) is 16.3. The second-order valence-corrected chi connectivity index (χ2v) is 5.98. The minimum atomic E-state index is -1.13. The van der Waals surface area contributed by atoms with Crippen molar-refractivity contribution in [2.24, 2.45) is 5.92 Å². The lowest BCUT2D eigenvalue weighted by Crippen LogP contribution is -2.23. The Morgan fingerprint density at radius 3 is 2.38 bits per heavy atom. The van der Waals surface area contributed by atoms with E-state index in [2.05, 4.69) is 5.32 Å². The second-order valence-electron chi connectivity index (χ2n) is 5.98. The molecule has 0 radical (unpaired) electrons. The smallest absolute Gasteiger partial charge is 0.161 e. The van der Waals surface area contributed by atoms with Crippen molar-refractivity contribution in [3.05, 3.63) is 35.1 Å². The van der Waals surface area contributed by atoms with Crippen LogP contribution in [-0.4, -0.2) is 6.54 Å². The molecule has 0 spiro atoms. The Kier molecular flexibility index (Phi) is 6.09. The standard InChI is InChI=1S/C17H24F3N/c1-2-21-17(9-8-12-6-4-3-5-7-12)13-10-15(19)16(20)11-14(13)18/h10-12,17,21H,2-9H2,1H3. The first-order valence-corrected chi connectivity index (χ1v) is 7.99. The lowest BCUT2D eigenvalue weighted by Gasteiger charge is -2.25. The van der Waals surface area contributed by atoms with E-state index < -0.39 is 17.5 Å². The molecule has 1 fully saturated rings. The highest BCUT2D eigenvalue weighted by molar-refractivity contribution is 5.23. The van der Waals surface area contributed by atoms with E-state index in [4.69, 9.17) is 0 Å². The quantitative estimate of drug-likeness (QED) is 0.719. The largest absolute Gasteiger partial charge is 0.310 e. The minimum Gasteiger partial charge on any atom is -0.310 e. The lowest BCUT2D eigenvalue weighted by molar-refractivity contribution is 0.313. The third-order valence-corrected chi connectivity index (χ3v) is 4.45. The molecule has 0 bridgehead atoms. The van der Waals surface area contributed by atoms with E-state index in [1.807, 2.05) is 6.92 Å².